The van der Waals surface area contributed by atoms with Crippen LogP contribution in [0.4, 0.5) is 0 Å². The Morgan fingerprint density at radius 2 is 1.96 bits per heavy atom. The number of rotatable bonds is 4. The molecule has 1 aliphatic heterocycles. The van der Waals surface area contributed by atoms with Crippen LogP contribution in [0.25, 0.3) is 0 Å². The highest BCUT2D eigenvalue weighted by atomic mass is 32.2. The Hall–Kier alpha value is -1.86. The highest BCUT2D eigenvalue weighted by molar-refractivity contribution is 7.88. The second-order valence-corrected chi connectivity index (χ2v) is 7.50. The molecule has 1 fully saturated rings. The molecule has 0 unspecified atom stereocenters. The number of benzene rings is 1. The summed E-state index contributed by atoms with van der Waals surface area (Å²) in [7, 11) is -3.52. The third-order valence-corrected chi connectivity index (χ3v) is 5.23. The molecule has 0 amide bonds. The van der Waals surface area contributed by atoms with Crippen molar-refractivity contribution in [3.8, 4) is 17.9 Å². The average molecular weight is 332 g/mol. The molecule has 1 aromatic carbocycles. The summed E-state index contributed by atoms with van der Waals surface area (Å²) in [6, 6.07) is 8.10. The first-order chi connectivity index (χ1) is 10.9. The van der Waals surface area contributed by atoms with Crippen LogP contribution in [0.5, 0.6) is 0 Å². The van der Waals surface area contributed by atoms with E-state index in [1.54, 1.807) is 0 Å². The van der Waals surface area contributed by atoms with Gasteiger partial charge in [0.2, 0.25) is 10.0 Å². The van der Waals surface area contributed by atoms with E-state index in [9.17, 15) is 18.8 Å². The van der Waals surface area contributed by atoms with Crippen molar-refractivity contribution in [2.24, 2.45) is 0 Å². The first-order valence-corrected chi connectivity index (χ1v) is 9.36. The molecule has 6 heteroatoms. The SMILES string of the molecule is CCCC#Cc1ccc([C@@H]2[C@@H](C#N)N(S(C)(=O)=O)[C@@H]2CO)cc1. The van der Waals surface area contributed by atoms with Gasteiger partial charge in [0.1, 0.15) is 6.04 Å². The normalized spacial score (nSPS) is 24.2. The molecule has 5 nitrogen and oxygen atoms in total. The summed E-state index contributed by atoms with van der Waals surface area (Å²) >= 11 is 0. The summed E-state index contributed by atoms with van der Waals surface area (Å²) in [5.41, 5.74) is 1.73. The van der Waals surface area contributed by atoms with Crippen molar-refractivity contribution in [1.82, 2.24) is 4.31 Å². The quantitative estimate of drug-likeness (QED) is 0.846. The lowest BCUT2D eigenvalue weighted by Crippen LogP contribution is -2.64. The van der Waals surface area contributed by atoms with E-state index in [2.05, 4.69) is 18.8 Å². The van der Waals surface area contributed by atoms with E-state index in [0.717, 1.165) is 34.5 Å². The largest absolute Gasteiger partial charge is 0.395 e. The lowest BCUT2D eigenvalue weighted by atomic mass is 9.78. The van der Waals surface area contributed by atoms with Crippen molar-refractivity contribution in [3.63, 3.8) is 0 Å². The molecule has 0 aromatic heterocycles. The minimum absolute atomic E-state index is 0.312. The molecule has 1 saturated heterocycles. The smallest absolute Gasteiger partial charge is 0.212 e. The molecule has 0 spiro atoms. The lowest BCUT2D eigenvalue weighted by molar-refractivity contribution is 0.0564. The van der Waals surface area contributed by atoms with Crippen molar-refractivity contribution in [1.29, 1.82) is 5.26 Å². The Labute approximate surface area is 137 Å². The monoisotopic (exact) mass is 332 g/mol. The zero-order valence-corrected chi connectivity index (χ0v) is 14.0. The Bertz CT molecular complexity index is 754. The van der Waals surface area contributed by atoms with Gasteiger partial charge in [-0.3, -0.25) is 0 Å². The summed E-state index contributed by atoms with van der Waals surface area (Å²) in [4.78, 5) is 0. The molecule has 1 N–H and O–H groups in total. The Balaban J connectivity index is 2.25. The topological polar surface area (TPSA) is 81.4 Å². The Morgan fingerprint density at radius 1 is 1.30 bits per heavy atom. The van der Waals surface area contributed by atoms with Crippen LogP contribution in [0.1, 0.15) is 36.8 Å². The molecule has 1 heterocycles. The molecule has 1 aliphatic rings. The number of hydrogen-bond acceptors (Lipinski definition) is 4. The lowest BCUT2D eigenvalue weighted by Gasteiger charge is -2.49. The van der Waals surface area contributed by atoms with Gasteiger partial charge in [0.05, 0.1) is 25.0 Å². The van der Waals surface area contributed by atoms with Crippen LogP contribution >= 0.6 is 0 Å². The Morgan fingerprint density at radius 3 is 2.43 bits per heavy atom. The summed E-state index contributed by atoms with van der Waals surface area (Å²) in [6.45, 7) is 1.76. The van der Waals surface area contributed by atoms with Gasteiger partial charge in [-0.1, -0.05) is 30.9 Å². The average Bonchev–Trinajstić information content (AvgIpc) is 2.47. The molecule has 0 aliphatic carbocycles. The fraction of sp³-hybridized carbons (Fsp3) is 0.471. The third kappa shape index (κ3) is 3.56. The predicted molar refractivity (Wildman–Crippen MR) is 87.9 cm³/mol. The standard InChI is InChI=1S/C17H20N2O3S/c1-3-4-5-6-13-7-9-14(10-8-13)17-15(11-18)19(16(17)12-20)23(2,21)22/h7-10,15-17,20H,3-4,12H2,1-2H3/t15-,16-,17-/m1/s1. The van der Waals surface area contributed by atoms with Crippen molar-refractivity contribution < 1.29 is 13.5 Å². The van der Waals surface area contributed by atoms with Crippen molar-refractivity contribution >= 4 is 10.0 Å². The minimum atomic E-state index is -3.52. The summed E-state index contributed by atoms with van der Waals surface area (Å²) in [5, 5.41) is 18.8. The van der Waals surface area contributed by atoms with E-state index >= 15 is 0 Å². The maximum Gasteiger partial charge on any atom is 0.212 e. The summed E-state index contributed by atoms with van der Waals surface area (Å²) < 4.78 is 24.6. The second kappa shape index (κ2) is 7.14. The van der Waals surface area contributed by atoms with E-state index in [4.69, 9.17) is 0 Å². The summed E-state index contributed by atoms with van der Waals surface area (Å²) in [5.74, 6) is 5.80. The van der Waals surface area contributed by atoms with Gasteiger partial charge in [-0.15, -0.1) is 0 Å². The molecule has 0 saturated carbocycles. The molecule has 122 valence electrons. The van der Waals surface area contributed by atoms with E-state index < -0.39 is 22.1 Å². The molecule has 0 radical (unpaired) electrons. The minimum Gasteiger partial charge on any atom is -0.395 e. The maximum absolute atomic E-state index is 11.8. The second-order valence-electron chi connectivity index (χ2n) is 5.62. The molecular weight excluding hydrogens is 312 g/mol. The van der Waals surface area contributed by atoms with Crippen LogP contribution in [-0.4, -0.2) is 42.8 Å². The maximum atomic E-state index is 11.8. The van der Waals surface area contributed by atoms with Crippen LogP contribution in [-0.2, 0) is 10.0 Å². The molecule has 2 rings (SSSR count). The summed E-state index contributed by atoms with van der Waals surface area (Å²) in [6.07, 6.45) is 2.91. The van der Waals surface area contributed by atoms with E-state index in [0.29, 0.717) is 0 Å². The van der Waals surface area contributed by atoms with E-state index in [1.165, 1.54) is 0 Å². The van der Waals surface area contributed by atoms with Gasteiger partial charge in [-0.2, -0.15) is 9.57 Å². The number of hydrogen-bond donors (Lipinski definition) is 1. The van der Waals surface area contributed by atoms with E-state index in [1.807, 2.05) is 30.3 Å². The van der Waals surface area contributed by atoms with E-state index in [-0.39, 0.29) is 12.5 Å². The zero-order valence-electron chi connectivity index (χ0n) is 13.2. The first-order valence-electron chi connectivity index (χ1n) is 7.51. The zero-order chi connectivity index (χ0) is 17.0. The first kappa shape index (κ1) is 17.5. The van der Waals surface area contributed by atoms with Gasteiger partial charge in [-0.05, 0) is 24.1 Å². The van der Waals surface area contributed by atoms with Crippen LogP contribution in [0.3, 0.4) is 0 Å². The van der Waals surface area contributed by atoms with Gasteiger partial charge in [-0.25, -0.2) is 8.42 Å². The van der Waals surface area contributed by atoms with Crippen molar-refractivity contribution in [3.05, 3.63) is 35.4 Å². The fourth-order valence-corrected chi connectivity index (χ4v) is 4.18. The van der Waals surface area contributed by atoms with Crippen molar-refractivity contribution in [2.75, 3.05) is 12.9 Å². The van der Waals surface area contributed by atoms with Gasteiger partial charge >= 0.3 is 0 Å². The number of sulfonamides is 1. The number of aliphatic hydroxyl groups is 1. The molecule has 3 atom stereocenters. The molecule has 0 bridgehead atoms. The van der Waals surface area contributed by atoms with Crippen LogP contribution in [0.2, 0.25) is 0 Å². The molecule has 23 heavy (non-hydrogen) atoms. The van der Waals surface area contributed by atoms with Crippen LogP contribution in [0.15, 0.2) is 24.3 Å². The third-order valence-electron chi connectivity index (χ3n) is 3.96. The predicted octanol–water partition coefficient (Wildman–Crippen LogP) is 1.45. The number of nitriles is 1. The van der Waals surface area contributed by atoms with Gasteiger partial charge < -0.3 is 5.11 Å². The van der Waals surface area contributed by atoms with Gasteiger partial charge in [0, 0.05) is 17.9 Å². The van der Waals surface area contributed by atoms with Gasteiger partial charge in [0.25, 0.3) is 0 Å². The highest BCUT2D eigenvalue weighted by Crippen LogP contribution is 2.41. The Kier molecular flexibility index (Phi) is 5.43. The van der Waals surface area contributed by atoms with Crippen LogP contribution < -0.4 is 0 Å². The number of aliphatic hydroxyl groups excluding tert-OH is 1. The number of nitrogens with zero attached hydrogens (tertiary/aromatic N) is 2. The fourth-order valence-electron chi connectivity index (χ4n) is 2.90. The van der Waals surface area contributed by atoms with Crippen LogP contribution in [0, 0.1) is 23.2 Å². The molecular formula is C17H20N2O3S. The highest BCUT2D eigenvalue weighted by Gasteiger charge is 2.53. The van der Waals surface area contributed by atoms with Gasteiger partial charge in [0.15, 0.2) is 0 Å². The number of unbranched alkanes of at least 4 members (excludes halogenated alkanes) is 1. The molecule has 1 aromatic rings. The van der Waals surface area contributed by atoms with Crippen molar-refractivity contribution in [2.45, 2.75) is 37.8 Å².